The van der Waals surface area contributed by atoms with Crippen molar-refractivity contribution >= 4 is 17.3 Å². The van der Waals surface area contributed by atoms with Gasteiger partial charge in [0.1, 0.15) is 0 Å². The predicted molar refractivity (Wildman–Crippen MR) is 70.6 cm³/mol. The molecule has 2 N–H and O–H groups in total. The molecule has 0 aliphatic heterocycles. The Hall–Kier alpha value is -2.11. The number of carbonyl (C=O) groups is 1. The second kappa shape index (κ2) is 5.26. The first-order chi connectivity index (χ1) is 8.99. The normalized spacial score (nSPS) is 14.8. The van der Waals surface area contributed by atoms with E-state index in [2.05, 4.69) is 5.32 Å². The zero-order chi connectivity index (χ0) is 14.0. The fourth-order valence-corrected chi connectivity index (χ4v) is 2.15. The van der Waals surface area contributed by atoms with Crippen LogP contribution in [-0.4, -0.2) is 22.5 Å². The van der Waals surface area contributed by atoms with Crippen LogP contribution in [0.4, 0.5) is 11.4 Å². The highest BCUT2D eigenvalue weighted by Gasteiger charge is 2.21. The summed E-state index contributed by atoms with van der Waals surface area (Å²) in [5.74, 6) is -0.568. The fourth-order valence-electron chi connectivity index (χ4n) is 2.15. The van der Waals surface area contributed by atoms with Crippen LogP contribution in [0.1, 0.15) is 35.2 Å². The number of carboxylic acids is 1. The molecule has 0 aromatic heterocycles. The standard InChI is InChI=1S/C13H16N2O4/c1-8-11(14-7-9-3-2-4-9)5-10(13(16)17)6-12(8)15(18)19/h5-6,9,14H,2-4,7H2,1H3,(H,16,17). The molecule has 0 radical (unpaired) electrons. The van der Waals surface area contributed by atoms with Crippen molar-refractivity contribution in [3.8, 4) is 0 Å². The van der Waals surface area contributed by atoms with E-state index in [1.807, 2.05) is 0 Å². The van der Waals surface area contributed by atoms with E-state index in [1.54, 1.807) is 6.92 Å². The summed E-state index contributed by atoms with van der Waals surface area (Å²) in [6.07, 6.45) is 3.54. The number of rotatable bonds is 5. The number of nitro groups is 1. The Balaban J connectivity index is 2.28. The maximum absolute atomic E-state index is 11.0. The molecule has 1 aromatic carbocycles. The van der Waals surface area contributed by atoms with E-state index in [9.17, 15) is 14.9 Å². The van der Waals surface area contributed by atoms with Crippen molar-refractivity contribution in [2.24, 2.45) is 5.92 Å². The molecule has 1 saturated carbocycles. The highest BCUT2D eigenvalue weighted by atomic mass is 16.6. The zero-order valence-corrected chi connectivity index (χ0v) is 10.7. The second-order valence-electron chi connectivity index (χ2n) is 4.91. The van der Waals surface area contributed by atoms with Crippen LogP contribution in [0.5, 0.6) is 0 Å². The minimum absolute atomic E-state index is 0.0617. The van der Waals surface area contributed by atoms with Gasteiger partial charge in [-0.1, -0.05) is 6.42 Å². The SMILES string of the molecule is Cc1c(NCC2CCC2)cc(C(=O)O)cc1[N+](=O)[O-]. The lowest BCUT2D eigenvalue weighted by Gasteiger charge is -2.26. The Bertz CT molecular complexity index is 524. The fraction of sp³-hybridized carbons (Fsp3) is 0.462. The number of carboxylic acid groups (broad SMARTS) is 1. The van der Waals surface area contributed by atoms with Crippen LogP contribution < -0.4 is 5.32 Å². The summed E-state index contributed by atoms with van der Waals surface area (Å²) < 4.78 is 0. The van der Waals surface area contributed by atoms with Crippen molar-refractivity contribution in [1.82, 2.24) is 0 Å². The molecule has 0 bridgehead atoms. The van der Waals surface area contributed by atoms with Crippen molar-refractivity contribution < 1.29 is 14.8 Å². The van der Waals surface area contributed by atoms with Crippen molar-refractivity contribution in [2.75, 3.05) is 11.9 Å². The van der Waals surface area contributed by atoms with Gasteiger partial charge in [-0.25, -0.2) is 4.79 Å². The van der Waals surface area contributed by atoms with Gasteiger partial charge in [0.05, 0.1) is 10.5 Å². The molecule has 19 heavy (non-hydrogen) atoms. The molecule has 0 atom stereocenters. The van der Waals surface area contributed by atoms with Gasteiger partial charge in [0, 0.05) is 23.9 Å². The molecule has 0 saturated heterocycles. The van der Waals surface area contributed by atoms with E-state index in [0.29, 0.717) is 17.2 Å². The Morgan fingerprint density at radius 1 is 1.53 bits per heavy atom. The van der Waals surface area contributed by atoms with E-state index in [1.165, 1.54) is 12.5 Å². The molecule has 0 unspecified atom stereocenters. The van der Waals surface area contributed by atoms with Crippen LogP contribution in [-0.2, 0) is 0 Å². The molecule has 0 heterocycles. The van der Waals surface area contributed by atoms with Crippen LogP contribution in [0.2, 0.25) is 0 Å². The van der Waals surface area contributed by atoms with Crippen molar-refractivity contribution in [2.45, 2.75) is 26.2 Å². The number of hydrogen-bond acceptors (Lipinski definition) is 4. The summed E-state index contributed by atoms with van der Waals surface area (Å²) in [7, 11) is 0. The van der Waals surface area contributed by atoms with Crippen LogP contribution in [0, 0.1) is 23.0 Å². The van der Waals surface area contributed by atoms with E-state index in [0.717, 1.165) is 25.5 Å². The van der Waals surface area contributed by atoms with Crippen LogP contribution in [0.25, 0.3) is 0 Å². The molecule has 6 nitrogen and oxygen atoms in total. The van der Waals surface area contributed by atoms with Crippen molar-refractivity contribution in [3.05, 3.63) is 33.4 Å². The molecular formula is C13H16N2O4. The predicted octanol–water partition coefficient (Wildman–Crippen LogP) is 2.81. The van der Waals surface area contributed by atoms with E-state index >= 15 is 0 Å². The third kappa shape index (κ3) is 2.83. The Kier molecular flexibility index (Phi) is 3.69. The second-order valence-corrected chi connectivity index (χ2v) is 4.91. The average molecular weight is 264 g/mol. The molecule has 1 aliphatic rings. The molecule has 6 heteroatoms. The lowest BCUT2D eigenvalue weighted by Crippen LogP contribution is -2.21. The van der Waals surface area contributed by atoms with E-state index < -0.39 is 10.9 Å². The zero-order valence-electron chi connectivity index (χ0n) is 10.7. The van der Waals surface area contributed by atoms with Gasteiger partial charge in [-0.05, 0) is 31.7 Å². The van der Waals surface area contributed by atoms with Crippen LogP contribution in [0.15, 0.2) is 12.1 Å². The van der Waals surface area contributed by atoms with E-state index in [4.69, 9.17) is 5.11 Å². The molecule has 1 aliphatic carbocycles. The maximum Gasteiger partial charge on any atom is 0.336 e. The number of nitrogens with zero attached hydrogens (tertiary/aromatic N) is 1. The summed E-state index contributed by atoms with van der Waals surface area (Å²) in [5.41, 5.74) is 0.803. The number of benzene rings is 1. The average Bonchev–Trinajstić information content (AvgIpc) is 2.28. The third-order valence-corrected chi connectivity index (χ3v) is 3.63. The number of hydrogen-bond donors (Lipinski definition) is 2. The highest BCUT2D eigenvalue weighted by Crippen LogP contribution is 2.30. The van der Waals surface area contributed by atoms with Crippen LogP contribution >= 0.6 is 0 Å². The first-order valence-corrected chi connectivity index (χ1v) is 6.25. The summed E-state index contributed by atoms with van der Waals surface area (Å²) in [6, 6.07) is 2.57. The largest absolute Gasteiger partial charge is 0.478 e. The quantitative estimate of drug-likeness (QED) is 0.630. The third-order valence-electron chi connectivity index (χ3n) is 3.63. The van der Waals surface area contributed by atoms with Crippen LogP contribution in [0.3, 0.4) is 0 Å². The Morgan fingerprint density at radius 2 is 2.21 bits per heavy atom. The number of aromatic carboxylic acids is 1. The molecule has 102 valence electrons. The first kappa shape index (κ1) is 13.3. The maximum atomic E-state index is 11.0. The van der Waals surface area contributed by atoms with Gasteiger partial charge in [0.25, 0.3) is 5.69 Å². The molecule has 2 rings (SSSR count). The molecular weight excluding hydrogens is 248 g/mol. The van der Waals surface area contributed by atoms with Crippen molar-refractivity contribution in [1.29, 1.82) is 0 Å². The number of anilines is 1. The van der Waals surface area contributed by atoms with Gasteiger partial charge < -0.3 is 10.4 Å². The van der Waals surface area contributed by atoms with Gasteiger partial charge in [-0.15, -0.1) is 0 Å². The summed E-state index contributed by atoms with van der Waals surface area (Å²) in [4.78, 5) is 21.4. The number of nitrogens with one attached hydrogen (secondary N) is 1. The highest BCUT2D eigenvalue weighted by molar-refractivity contribution is 5.90. The van der Waals surface area contributed by atoms with Gasteiger partial charge in [0.2, 0.25) is 0 Å². The van der Waals surface area contributed by atoms with Gasteiger partial charge in [-0.3, -0.25) is 10.1 Å². The summed E-state index contributed by atoms with van der Waals surface area (Å²) >= 11 is 0. The minimum atomic E-state index is -1.16. The van der Waals surface area contributed by atoms with Gasteiger partial charge in [0.15, 0.2) is 0 Å². The molecule has 1 fully saturated rings. The lowest BCUT2D eigenvalue weighted by molar-refractivity contribution is -0.385. The minimum Gasteiger partial charge on any atom is -0.478 e. The molecule has 0 amide bonds. The summed E-state index contributed by atoms with van der Waals surface area (Å²) in [6.45, 7) is 2.37. The monoisotopic (exact) mass is 264 g/mol. The van der Waals surface area contributed by atoms with Gasteiger partial charge >= 0.3 is 5.97 Å². The first-order valence-electron chi connectivity index (χ1n) is 6.25. The Morgan fingerprint density at radius 3 is 2.68 bits per heavy atom. The number of nitro benzene ring substituents is 1. The molecule has 0 spiro atoms. The molecule has 1 aromatic rings. The Labute approximate surface area is 110 Å². The topological polar surface area (TPSA) is 92.5 Å². The van der Waals surface area contributed by atoms with E-state index in [-0.39, 0.29) is 11.3 Å². The van der Waals surface area contributed by atoms with Crippen molar-refractivity contribution in [3.63, 3.8) is 0 Å². The lowest BCUT2D eigenvalue weighted by atomic mass is 9.85. The summed E-state index contributed by atoms with van der Waals surface area (Å²) in [5, 5.41) is 23.1. The van der Waals surface area contributed by atoms with Gasteiger partial charge in [-0.2, -0.15) is 0 Å². The smallest absolute Gasteiger partial charge is 0.336 e.